The van der Waals surface area contributed by atoms with Crippen molar-refractivity contribution < 1.29 is 5.11 Å². The Morgan fingerprint density at radius 3 is 2.62 bits per heavy atom. The molecule has 2 atom stereocenters. The van der Waals surface area contributed by atoms with Crippen molar-refractivity contribution in [1.29, 1.82) is 0 Å². The van der Waals surface area contributed by atoms with Crippen molar-refractivity contribution in [2.45, 2.75) is 63.3 Å². The van der Waals surface area contributed by atoms with Crippen molar-refractivity contribution in [3.63, 3.8) is 0 Å². The second-order valence-electron chi connectivity index (χ2n) is 6.32. The summed E-state index contributed by atoms with van der Waals surface area (Å²) >= 11 is 7.62. The Hall–Kier alpha value is -0.130. The predicted molar refractivity (Wildman–Crippen MR) is 89.0 cm³/mol. The first-order valence-electron chi connectivity index (χ1n) is 8.12. The Labute approximate surface area is 136 Å². The monoisotopic (exact) mass is 328 g/mol. The lowest BCUT2D eigenvalue weighted by atomic mass is 9.89. The average Bonchev–Trinajstić information content (AvgIpc) is 2.92. The Morgan fingerprint density at radius 2 is 1.95 bits per heavy atom. The predicted octanol–water partition coefficient (Wildman–Crippen LogP) is 3.26. The Morgan fingerprint density at radius 1 is 1.19 bits per heavy atom. The molecule has 1 aliphatic carbocycles. The molecular formula is C16H25ClN2OS. The van der Waals surface area contributed by atoms with Gasteiger partial charge < -0.3 is 10.4 Å². The van der Waals surface area contributed by atoms with E-state index in [1.54, 1.807) is 11.3 Å². The number of piperidine rings is 1. The first kappa shape index (κ1) is 15.8. The van der Waals surface area contributed by atoms with Gasteiger partial charge in [0, 0.05) is 36.6 Å². The molecule has 5 heteroatoms. The van der Waals surface area contributed by atoms with Crippen LogP contribution in [-0.2, 0) is 6.54 Å². The Kier molecular flexibility index (Phi) is 5.57. The van der Waals surface area contributed by atoms with E-state index >= 15 is 0 Å². The van der Waals surface area contributed by atoms with E-state index < -0.39 is 0 Å². The van der Waals surface area contributed by atoms with Crippen LogP contribution in [0.4, 0.5) is 0 Å². The summed E-state index contributed by atoms with van der Waals surface area (Å²) in [6, 6.07) is 5.09. The van der Waals surface area contributed by atoms with E-state index in [0.29, 0.717) is 12.1 Å². The molecule has 1 saturated carbocycles. The Bertz CT molecular complexity index is 445. The van der Waals surface area contributed by atoms with Crippen LogP contribution in [0.3, 0.4) is 0 Å². The molecule has 1 aliphatic heterocycles. The quantitative estimate of drug-likeness (QED) is 0.890. The molecule has 0 bridgehead atoms. The molecule has 118 valence electrons. The molecule has 0 spiro atoms. The third-order valence-corrected chi connectivity index (χ3v) is 6.12. The van der Waals surface area contributed by atoms with Crippen molar-refractivity contribution in [2.75, 3.05) is 13.1 Å². The van der Waals surface area contributed by atoms with Gasteiger partial charge in [0.25, 0.3) is 0 Å². The zero-order chi connectivity index (χ0) is 14.7. The van der Waals surface area contributed by atoms with Crippen LogP contribution in [0.1, 0.15) is 43.4 Å². The molecular weight excluding hydrogens is 304 g/mol. The van der Waals surface area contributed by atoms with Crippen LogP contribution >= 0.6 is 22.9 Å². The van der Waals surface area contributed by atoms with Crippen LogP contribution in [0, 0.1) is 0 Å². The number of thiophene rings is 1. The number of aliphatic hydroxyl groups excluding tert-OH is 1. The van der Waals surface area contributed by atoms with Crippen molar-refractivity contribution in [3.8, 4) is 0 Å². The molecule has 0 amide bonds. The summed E-state index contributed by atoms with van der Waals surface area (Å²) < 4.78 is 0.868. The summed E-state index contributed by atoms with van der Waals surface area (Å²) in [6.07, 6.45) is 6.90. The summed E-state index contributed by atoms with van der Waals surface area (Å²) in [5.41, 5.74) is 0. The van der Waals surface area contributed by atoms with Gasteiger partial charge in [0.15, 0.2) is 0 Å². The highest BCUT2D eigenvalue weighted by atomic mass is 35.5. The molecule has 1 aromatic heterocycles. The van der Waals surface area contributed by atoms with E-state index in [0.717, 1.165) is 30.4 Å². The van der Waals surface area contributed by atoms with Gasteiger partial charge in [-0.25, -0.2) is 0 Å². The topological polar surface area (TPSA) is 35.5 Å². The smallest absolute Gasteiger partial charge is 0.0931 e. The van der Waals surface area contributed by atoms with E-state index in [9.17, 15) is 5.11 Å². The third kappa shape index (κ3) is 4.20. The summed E-state index contributed by atoms with van der Waals surface area (Å²) in [6.45, 7) is 3.16. The van der Waals surface area contributed by atoms with Crippen molar-refractivity contribution >= 4 is 22.9 Å². The highest BCUT2D eigenvalue weighted by Gasteiger charge is 2.31. The maximum Gasteiger partial charge on any atom is 0.0931 e. The highest BCUT2D eigenvalue weighted by molar-refractivity contribution is 7.16. The first-order chi connectivity index (χ1) is 10.2. The van der Waals surface area contributed by atoms with E-state index in [2.05, 4.69) is 16.3 Å². The number of nitrogens with zero attached hydrogens (tertiary/aromatic N) is 1. The number of likely N-dealkylation sites (tertiary alicyclic amines) is 1. The van der Waals surface area contributed by atoms with Crippen LogP contribution in [0.15, 0.2) is 12.1 Å². The fraction of sp³-hybridized carbons (Fsp3) is 0.750. The SMILES string of the molecule is OC1CCCCC1N1CCC(NCc2ccc(Cl)s2)CC1. The van der Waals surface area contributed by atoms with Gasteiger partial charge >= 0.3 is 0 Å². The summed E-state index contributed by atoms with van der Waals surface area (Å²) in [5, 5.41) is 13.8. The van der Waals surface area contributed by atoms with Crippen LogP contribution in [-0.4, -0.2) is 41.3 Å². The fourth-order valence-electron chi connectivity index (χ4n) is 3.64. The van der Waals surface area contributed by atoms with E-state index in [1.165, 1.54) is 37.0 Å². The molecule has 2 aliphatic rings. The molecule has 3 nitrogen and oxygen atoms in total. The number of halogens is 1. The van der Waals surface area contributed by atoms with Crippen molar-refractivity contribution in [3.05, 3.63) is 21.3 Å². The first-order valence-corrected chi connectivity index (χ1v) is 9.31. The van der Waals surface area contributed by atoms with Crippen LogP contribution in [0.25, 0.3) is 0 Å². The normalized spacial score (nSPS) is 28.9. The van der Waals surface area contributed by atoms with Gasteiger partial charge in [-0.05, 0) is 37.8 Å². The van der Waals surface area contributed by atoms with Gasteiger partial charge in [-0.2, -0.15) is 0 Å². The number of hydrogen-bond donors (Lipinski definition) is 2. The van der Waals surface area contributed by atoms with Crippen molar-refractivity contribution in [1.82, 2.24) is 10.2 Å². The Balaban J connectivity index is 1.42. The van der Waals surface area contributed by atoms with Gasteiger partial charge in [0.2, 0.25) is 0 Å². The van der Waals surface area contributed by atoms with Gasteiger partial charge in [-0.1, -0.05) is 24.4 Å². The lowest BCUT2D eigenvalue weighted by molar-refractivity contribution is 0.00715. The third-order valence-electron chi connectivity index (χ3n) is 4.89. The van der Waals surface area contributed by atoms with E-state index in [1.807, 2.05) is 6.07 Å². The zero-order valence-electron chi connectivity index (χ0n) is 12.4. The molecule has 21 heavy (non-hydrogen) atoms. The summed E-state index contributed by atoms with van der Waals surface area (Å²) in [5.74, 6) is 0. The molecule has 2 unspecified atom stereocenters. The minimum Gasteiger partial charge on any atom is -0.391 e. The maximum atomic E-state index is 10.2. The number of hydrogen-bond acceptors (Lipinski definition) is 4. The fourth-order valence-corrected chi connectivity index (χ4v) is 4.68. The van der Waals surface area contributed by atoms with Crippen molar-refractivity contribution in [2.24, 2.45) is 0 Å². The van der Waals surface area contributed by atoms with Gasteiger partial charge in [0.05, 0.1) is 10.4 Å². The lowest BCUT2D eigenvalue weighted by Crippen LogP contribution is -2.51. The zero-order valence-corrected chi connectivity index (χ0v) is 14.0. The van der Waals surface area contributed by atoms with Crippen LogP contribution in [0.2, 0.25) is 4.34 Å². The molecule has 1 saturated heterocycles. The molecule has 1 aromatic rings. The van der Waals surface area contributed by atoms with Gasteiger partial charge in [-0.3, -0.25) is 4.90 Å². The molecule has 2 fully saturated rings. The molecule has 0 aromatic carbocycles. The minimum atomic E-state index is -0.100. The molecule has 2 N–H and O–H groups in total. The lowest BCUT2D eigenvalue weighted by Gasteiger charge is -2.41. The van der Waals surface area contributed by atoms with E-state index in [4.69, 9.17) is 11.6 Å². The summed E-state index contributed by atoms with van der Waals surface area (Å²) in [7, 11) is 0. The van der Waals surface area contributed by atoms with Crippen LogP contribution in [0.5, 0.6) is 0 Å². The molecule has 3 rings (SSSR count). The number of nitrogens with one attached hydrogen (secondary N) is 1. The second kappa shape index (κ2) is 7.42. The number of rotatable bonds is 4. The van der Waals surface area contributed by atoms with Gasteiger partial charge in [0.1, 0.15) is 0 Å². The summed E-state index contributed by atoms with van der Waals surface area (Å²) in [4.78, 5) is 3.83. The van der Waals surface area contributed by atoms with E-state index in [-0.39, 0.29) is 6.10 Å². The average molecular weight is 329 g/mol. The van der Waals surface area contributed by atoms with Gasteiger partial charge in [-0.15, -0.1) is 11.3 Å². The minimum absolute atomic E-state index is 0.100. The standard InChI is InChI=1S/C16H25ClN2OS/c17-16-6-5-13(21-16)11-18-12-7-9-19(10-8-12)14-3-1-2-4-15(14)20/h5-6,12,14-15,18,20H,1-4,7-11H2. The molecule has 2 heterocycles. The number of aliphatic hydroxyl groups is 1. The largest absolute Gasteiger partial charge is 0.391 e. The maximum absolute atomic E-state index is 10.2. The highest BCUT2D eigenvalue weighted by Crippen LogP contribution is 2.26. The molecule has 0 radical (unpaired) electrons. The van der Waals surface area contributed by atoms with Crippen LogP contribution < -0.4 is 5.32 Å². The second-order valence-corrected chi connectivity index (χ2v) is 8.12.